The summed E-state index contributed by atoms with van der Waals surface area (Å²) in [6.07, 6.45) is 69.8. The van der Waals surface area contributed by atoms with Crippen molar-refractivity contribution in [2.45, 2.75) is 212 Å². The summed E-state index contributed by atoms with van der Waals surface area (Å²) in [5, 5.41) is 13.9. The Balaban J connectivity index is 4.13. The van der Waals surface area contributed by atoms with Gasteiger partial charge in [0.1, 0.15) is 13.2 Å². The molecule has 0 aliphatic carbocycles. The average Bonchev–Trinajstić information content (AvgIpc) is 3.29. The van der Waals surface area contributed by atoms with E-state index in [9.17, 15) is 19.4 Å². The molecule has 1 amide bonds. The number of allylic oxidation sites excluding steroid dienone is 18. The molecule has 0 heterocycles. The highest BCUT2D eigenvalue weighted by atomic mass is 31.2. The molecular formula is C58H101N2O6P. The Morgan fingerprint density at radius 2 is 0.910 bits per heavy atom. The van der Waals surface area contributed by atoms with Crippen molar-refractivity contribution in [3.63, 3.8) is 0 Å². The molecule has 0 aromatic heterocycles. The van der Waals surface area contributed by atoms with Gasteiger partial charge in [-0.15, -0.1) is 0 Å². The maximum Gasteiger partial charge on any atom is 0.268 e. The fourth-order valence-electron chi connectivity index (χ4n) is 7.09. The van der Waals surface area contributed by atoms with Crippen LogP contribution in [0, 0.1) is 0 Å². The van der Waals surface area contributed by atoms with Crippen molar-refractivity contribution in [1.82, 2.24) is 5.32 Å². The Kier molecular flexibility index (Phi) is 46.2. The van der Waals surface area contributed by atoms with Crippen molar-refractivity contribution in [3.05, 3.63) is 109 Å². The molecule has 0 aromatic rings. The Bertz CT molecular complexity index is 1450. The zero-order chi connectivity index (χ0) is 49.2. The van der Waals surface area contributed by atoms with Crippen LogP contribution in [0.15, 0.2) is 109 Å². The van der Waals surface area contributed by atoms with Crippen molar-refractivity contribution >= 4 is 13.7 Å². The Labute approximate surface area is 412 Å². The van der Waals surface area contributed by atoms with Gasteiger partial charge in [-0.25, -0.2) is 0 Å². The minimum Gasteiger partial charge on any atom is -0.756 e. The third-order valence-corrected chi connectivity index (χ3v) is 12.2. The zero-order valence-electron chi connectivity index (χ0n) is 43.6. The van der Waals surface area contributed by atoms with Crippen molar-refractivity contribution in [2.24, 2.45) is 0 Å². The van der Waals surface area contributed by atoms with Crippen LogP contribution < -0.4 is 10.2 Å². The number of carbonyl (C=O) groups is 1. The lowest BCUT2D eigenvalue weighted by Crippen LogP contribution is -2.46. The summed E-state index contributed by atoms with van der Waals surface area (Å²) >= 11 is 0. The Hall–Kier alpha value is -2.84. The van der Waals surface area contributed by atoms with E-state index in [-0.39, 0.29) is 19.1 Å². The van der Waals surface area contributed by atoms with E-state index in [2.05, 4.69) is 129 Å². The predicted octanol–water partition coefficient (Wildman–Crippen LogP) is 15.4. The molecule has 0 aliphatic heterocycles. The number of rotatable bonds is 47. The SMILES string of the molecule is CC/C=C\C/C=C\C/C=C\C/C=C\C/C=C\C/C=C\C/C=C\C/C=C\C/C=C\CCCCCCCCCC(=O)NC(COP(=O)([O-])OCC[N+](C)(C)C)C(O)CCCCCCCCCCCC. The van der Waals surface area contributed by atoms with Crippen molar-refractivity contribution in [1.29, 1.82) is 0 Å². The predicted molar refractivity (Wildman–Crippen MR) is 288 cm³/mol. The molecule has 9 heteroatoms. The highest BCUT2D eigenvalue weighted by molar-refractivity contribution is 7.45. The Morgan fingerprint density at radius 1 is 0.537 bits per heavy atom. The highest BCUT2D eigenvalue weighted by Crippen LogP contribution is 2.38. The lowest BCUT2D eigenvalue weighted by Gasteiger charge is -2.30. The van der Waals surface area contributed by atoms with Gasteiger partial charge in [-0.1, -0.05) is 220 Å². The minimum absolute atomic E-state index is 0.00408. The van der Waals surface area contributed by atoms with Crippen LogP contribution in [0.5, 0.6) is 0 Å². The van der Waals surface area contributed by atoms with E-state index in [0.29, 0.717) is 23.9 Å². The lowest BCUT2D eigenvalue weighted by molar-refractivity contribution is -0.870. The summed E-state index contributed by atoms with van der Waals surface area (Å²) in [6, 6.07) is -0.812. The number of nitrogens with one attached hydrogen (secondary N) is 1. The second-order valence-electron chi connectivity index (χ2n) is 18.9. The van der Waals surface area contributed by atoms with Crippen LogP contribution in [-0.2, 0) is 18.4 Å². The zero-order valence-corrected chi connectivity index (χ0v) is 44.5. The third kappa shape index (κ3) is 50.9. The molecule has 3 unspecified atom stereocenters. The van der Waals surface area contributed by atoms with Gasteiger partial charge in [-0.05, 0) is 83.5 Å². The second kappa shape index (κ2) is 48.2. The van der Waals surface area contributed by atoms with Gasteiger partial charge < -0.3 is 28.8 Å². The standard InChI is InChI=1S/C58H101N2O6P/c1-6-8-10-12-14-16-18-19-20-21-22-23-24-25-26-27-28-29-30-31-32-33-34-35-36-37-38-39-40-41-42-44-46-48-50-52-58(62)59-56(55-66-67(63,64)65-54-53-60(3,4)5)57(61)51-49-47-45-43-17-15-13-11-9-7-2/h8,10,14,16,19-20,22-23,25-26,28-29,31-32,34-35,37-38,56-57,61H,6-7,9,11-13,15,17-18,21,24,27,30,33,36,39-55H2,1-5H3,(H-,59,62,63,64)/b10-8-,16-14-,20-19-,23-22-,26-25-,29-28-,32-31-,35-34-,38-37-. The fourth-order valence-corrected chi connectivity index (χ4v) is 7.81. The van der Waals surface area contributed by atoms with E-state index in [1.54, 1.807) is 0 Å². The quantitative estimate of drug-likeness (QED) is 0.0272. The smallest absolute Gasteiger partial charge is 0.268 e. The lowest BCUT2D eigenvalue weighted by atomic mass is 10.0. The first-order valence-electron chi connectivity index (χ1n) is 26.7. The van der Waals surface area contributed by atoms with Crippen LogP contribution in [0.2, 0.25) is 0 Å². The van der Waals surface area contributed by atoms with Crippen LogP contribution >= 0.6 is 7.82 Å². The molecule has 384 valence electrons. The number of unbranched alkanes of at least 4 members (excludes halogenated alkanes) is 16. The van der Waals surface area contributed by atoms with Crippen molar-refractivity contribution < 1.29 is 32.9 Å². The first-order chi connectivity index (χ1) is 32.5. The van der Waals surface area contributed by atoms with Gasteiger partial charge in [0.2, 0.25) is 5.91 Å². The first-order valence-corrected chi connectivity index (χ1v) is 28.2. The van der Waals surface area contributed by atoms with Crippen LogP contribution in [0.4, 0.5) is 0 Å². The molecule has 0 spiro atoms. The fraction of sp³-hybridized carbons (Fsp3) is 0.672. The van der Waals surface area contributed by atoms with E-state index in [1.165, 1.54) is 64.2 Å². The van der Waals surface area contributed by atoms with Gasteiger partial charge in [0.05, 0.1) is 39.9 Å². The number of amides is 1. The molecule has 0 aliphatic rings. The van der Waals surface area contributed by atoms with Crippen LogP contribution in [0.1, 0.15) is 200 Å². The number of aliphatic hydroxyl groups excluding tert-OH is 1. The summed E-state index contributed by atoms with van der Waals surface area (Å²) in [5.41, 5.74) is 0. The van der Waals surface area contributed by atoms with E-state index in [0.717, 1.165) is 109 Å². The van der Waals surface area contributed by atoms with Gasteiger partial charge >= 0.3 is 0 Å². The number of phosphoric acid groups is 1. The number of aliphatic hydroxyl groups is 1. The number of carbonyl (C=O) groups excluding carboxylic acids is 1. The molecule has 2 N–H and O–H groups in total. The van der Waals surface area contributed by atoms with Gasteiger partial charge in [-0.2, -0.15) is 0 Å². The first kappa shape index (κ1) is 64.2. The summed E-state index contributed by atoms with van der Waals surface area (Å²) in [4.78, 5) is 25.4. The average molecular weight is 953 g/mol. The van der Waals surface area contributed by atoms with Crippen molar-refractivity contribution in [2.75, 3.05) is 40.9 Å². The van der Waals surface area contributed by atoms with Gasteiger partial charge in [-0.3, -0.25) is 9.36 Å². The Morgan fingerprint density at radius 3 is 1.33 bits per heavy atom. The molecule has 0 rings (SSSR count). The number of quaternary nitrogens is 1. The number of nitrogens with zero attached hydrogens (tertiary/aromatic N) is 1. The molecule has 0 fully saturated rings. The molecule has 0 saturated carbocycles. The normalized spacial score (nSPS) is 14.9. The molecule has 67 heavy (non-hydrogen) atoms. The number of hydrogen-bond donors (Lipinski definition) is 2. The molecular weight excluding hydrogens is 852 g/mol. The topological polar surface area (TPSA) is 108 Å². The highest BCUT2D eigenvalue weighted by Gasteiger charge is 2.24. The molecule has 0 saturated heterocycles. The molecule has 0 aromatic carbocycles. The van der Waals surface area contributed by atoms with Gasteiger partial charge in [0, 0.05) is 6.42 Å². The summed E-state index contributed by atoms with van der Waals surface area (Å²) < 4.78 is 23.3. The number of hydrogen-bond acceptors (Lipinski definition) is 6. The monoisotopic (exact) mass is 953 g/mol. The van der Waals surface area contributed by atoms with E-state index >= 15 is 0 Å². The van der Waals surface area contributed by atoms with Crippen molar-refractivity contribution in [3.8, 4) is 0 Å². The van der Waals surface area contributed by atoms with E-state index in [4.69, 9.17) is 9.05 Å². The number of phosphoric ester groups is 1. The summed E-state index contributed by atoms with van der Waals surface area (Å²) in [7, 11) is 1.28. The maximum atomic E-state index is 12.9. The van der Waals surface area contributed by atoms with Crippen LogP contribution in [0.3, 0.4) is 0 Å². The summed E-state index contributed by atoms with van der Waals surface area (Å²) in [5.74, 6) is -0.183. The molecule has 8 nitrogen and oxygen atoms in total. The largest absolute Gasteiger partial charge is 0.756 e. The number of likely N-dealkylation sites (N-methyl/N-ethyl adjacent to an activating group) is 1. The maximum absolute atomic E-state index is 12.9. The van der Waals surface area contributed by atoms with Gasteiger partial charge in [0.25, 0.3) is 7.82 Å². The van der Waals surface area contributed by atoms with Crippen LogP contribution in [-0.4, -0.2) is 68.5 Å². The minimum atomic E-state index is -4.57. The van der Waals surface area contributed by atoms with Crippen LogP contribution in [0.25, 0.3) is 0 Å². The van der Waals surface area contributed by atoms with E-state index < -0.39 is 20.0 Å². The molecule has 3 atom stereocenters. The molecule has 0 bridgehead atoms. The molecule has 0 radical (unpaired) electrons. The van der Waals surface area contributed by atoms with Gasteiger partial charge in [0.15, 0.2) is 0 Å². The second-order valence-corrected chi connectivity index (χ2v) is 20.3. The third-order valence-electron chi connectivity index (χ3n) is 11.3. The van der Waals surface area contributed by atoms with E-state index in [1.807, 2.05) is 21.1 Å². The summed E-state index contributed by atoms with van der Waals surface area (Å²) in [6.45, 7) is 4.56.